The van der Waals surface area contributed by atoms with Gasteiger partial charge in [0.1, 0.15) is 0 Å². The van der Waals surface area contributed by atoms with Crippen molar-refractivity contribution in [3.8, 4) is 0 Å². The van der Waals surface area contributed by atoms with Gasteiger partial charge in [-0.05, 0) is 31.4 Å². The van der Waals surface area contributed by atoms with Crippen molar-refractivity contribution >= 4 is 23.5 Å². The van der Waals surface area contributed by atoms with Crippen molar-refractivity contribution in [3.05, 3.63) is 5.28 Å². The quantitative estimate of drug-likeness (QED) is 0.804. The van der Waals surface area contributed by atoms with Crippen LogP contribution in [0, 0.1) is 0 Å². The van der Waals surface area contributed by atoms with Crippen LogP contribution in [0.5, 0.6) is 0 Å². The number of hydrogen-bond acceptors (Lipinski definition) is 5. The number of nitrogens with one attached hydrogen (secondary N) is 2. The van der Waals surface area contributed by atoms with Gasteiger partial charge in [0.25, 0.3) is 0 Å². The molecule has 1 rings (SSSR count). The van der Waals surface area contributed by atoms with Gasteiger partial charge in [0, 0.05) is 12.6 Å². The van der Waals surface area contributed by atoms with E-state index in [1.807, 2.05) is 0 Å². The van der Waals surface area contributed by atoms with Crippen LogP contribution < -0.4 is 10.6 Å². The zero-order valence-electron chi connectivity index (χ0n) is 9.92. The number of aromatic nitrogens is 3. The molecule has 0 spiro atoms. The van der Waals surface area contributed by atoms with Crippen molar-refractivity contribution in [1.82, 2.24) is 15.0 Å². The number of hydrogen-bond donors (Lipinski definition) is 2. The number of nitrogens with zero attached hydrogens (tertiary/aromatic N) is 3. The fourth-order valence-corrected chi connectivity index (χ4v) is 1.21. The van der Waals surface area contributed by atoms with Crippen LogP contribution in [0.4, 0.5) is 11.9 Å². The summed E-state index contributed by atoms with van der Waals surface area (Å²) in [4.78, 5) is 12.2. The topological polar surface area (TPSA) is 62.7 Å². The van der Waals surface area contributed by atoms with Crippen LogP contribution in [0.2, 0.25) is 5.28 Å². The standard InChI is InChI=1S/C10H18ClN5/c1-4-6-12-9-14-8(11)15-10(16-9)13-7(3)5-2/h7H,4-6H2,1-3H3,(H2,12,13,14,15,16). The molecular weight excluding hydrogens is 226 g/mol. The molecule has 16 heavy (non-hydrogen) atoms. The van der Waals surface area contributed by atoms with Gasteiger partial charge >= 0.3 is 0 Å². The molecule has 1 aromatic rings. The van der Waals surface area contributed by atoms with E-state index >= 15 is 0 Å². The second-order valence-electron chi connectivity index (χ2n) is 3.63. The highest BCUT2D eigenvalue weighted by Crippen LogP contribution is 2.10. The summed E-state index contributed by atoms with van der Waals surface area (Å²) in [6, 6.07) is 0.317. The molecule has 1 aromatic heterocycles. The molecule has 1 atom stereocenters. The van der Waals surface area contributed by atoms with Gasteiger partial charge < -0.3 is 10.6 Å². The highest BCUT2D eigenvalue weighted by atomic mass is 35.5. The van der Waals surface area contributed by atoms with E-state index in [1.165, 1.54) is 0 Å². The summed E-state index contributed by atoms with van der Waals surface area (Å²) in [5, 5.41) is 6.45. The third-order valence-electron chi connectivity index (χ3n) is 2.13. The Morgan fingerprint density at radius 3 is 2.50 bits per heavy atom. The summed E-state index contributed by atoms with van der Waals surface area (Å²) >= 11 is 5.81. The van der Waals surface area contributed by atoms with Crippen LogP contribution in [-0.4, -0.2) is 27.5 Å². The Hall–Kier alpha value is -1.10. The Labute approximate surface area is 101 Å². The second-order valence-corrected chi connectivity index (χ2v) is 3.97. The van der Waals surface area contributed by atoms with Crippen molar-refractivity contribution < 1.29 is 0 Å². The number of anilines is 2. The lowest BCUT2D eigenvalue weighted by atomic mass is 10.3. The predicted molar refractivity (Wildman–Crippen MR) is 67.0 cm³/mol. The highest BCUT2D eigenvalue weighted by molar-refractivity contribution is 6.28. The molecule has 0 aromatic carbocycles. The van der Waals surface area contributed by atoms with E-state index in [9.17, 15) is 0 Å². The first-order valence-corrected chi connectivity index (χ1v) is 5.95. The molecule has 0 aliphatic carbocycles. The second kappa shape index (κ2) is 6.48. The first-order valence-electron chi connectivity index (χ1n) is 5.57. The Bertz CT molecular complexity index is 331. The Morgan fingerprint density at radius 1 is 1.19 bits per heavy atom. The molecule has 0 amide bonds. The van der Waals surface area contributed by atoms with Gasteiger partial charge in [-0.3, -0.25) is 0 Å². The minimum absolute atomic E-state index is 0.208. The maximum absolute atomic E-state index is 5.81. The van der Waals surface area contributed by atoms with E-state index in [2.05, 4.69) is 46.4 Å². The molecule has 0 bridgehead atoms. The molecule has 0 aliphatic heterocycles. The maximum atomic E-state index is 5.81. The van der Waals surface area contributed by atoms with Crippen molar-refractivity contribution in [2.75, 3.05) is 17.2 Å². The number of halogens is 1. The molecule has 0 aliphatic rings. The Morgan fingerprint density at radius 2 is 1.88 bits per heavy atom. The molecule has 0 saturated heterocycles. The van der Waals surface area contributed by atoms with E-state index in [1.54, 1.807) is 0 Å². The van der Waals surface area contributed by atoms with Crippen LogP contribution >= 0.6 is 11.6 Å². The van der Waals surface area contributed by atoms with E-state index in [0.717, 1.165) is 19.4 Å². The minimum Gasteiger partial charge on any atom is -0.354 e. The predicted octanol–water partition coefficient (Wildman–Crippen LogP) is 2.56. The molecule has 0 radical (unpaired) electrons. The molecule has 1 unspecified atom stereocenters. The van der Waals surface area contributed by atoms with Gasteiger partial charge in [0.05, 0.1) is 0 Å². The van der Waals surface area contributed by atoms with Crippen molar-refractivity contribution in [3.63, 3.8) is 0 Å². The van der Waals surface area contributed by atoms with Gasteiger partial charge in [-0.15, -0.1) is 0 Å². The molecular formula is C10H18ClN5. The third kappa shape index (κ3) is 4.18. The highest BCUT2D eigenvalue weighted by Gasteiger charge is 2.06. The Kier molecular flexibility index (Phi) is 5.25. The molecule has 2 N–H and O–H groups in total. The average Bonchev–Trinajstić information content (AvgIpc) is 2.25. The number of rotatable bonds is 6. The van der Waals surface area contributed by atoms with Crippen molar-refractivity contribution in [1.29, 1.82) is 0 Å². The zero-order valence-corrected chi connectivity index (χ0v) is 10.7. The lowest BCUT2D eigenvalue weighted by molar-refractivity contribution is 0.750. The summed E-state index contributed by atoms with van der Waals surface area (Å²) in [5.74, 6) is 1.04. The summed E-state index contributed by atoms with van der Waals surface area (Å²) in [5.41, 5.74) is 0. The first kappa shape index (κ1) is 13.0. The van der Waals surface area contributed by atoms with Crippen LogP contribution in [-0.2, 0) is 0 Å². The monoisotopic (exact) mass is 243 g/mol. The molecule has 90 valence electrons. The van der Waals surface area contributed by atoms with Gasteiger partial charge in [-0.25, -0.2) is 0 Å². The minimum atomic E-state index is 0.208. The van der Waals surface area contributed by atoms with Gasteiger partial charge in [-0.1, -0.05) is 13.8 Å². The summed E-state index contributed by atoms with van der Waals surface area (Å²) in [6.07, 6.45) is 2.01. The third-order valence-corrected chi connectivity index (χ3v) is 2.30. The molecule has 5 nitrogen and oxygen atoms in total. The van der Waals surface area contributed by atoms with Crippen molar-refractivity contribution in [2.24, 2.45) is 0 Å². The SMILES string of the molecule is CCCNc1nc(Cl)nc(NC(C)CC)n1. The van der Waals surface area contributed by atoms with Crippen LogP contribution in [0.25, 0.3) is 0 Å². The van der Waals surface area contributed by atoms with Crippen LogP contribution in [0.15, 0.2) is 0 Å². The summed E-state index contributed by atoms with van der Waals surface area (Å²) in [6.45, 7) is 7.06. The first-order chi connectivity index (χ1) is 7.65. The van der Waals surface area contributed by atoms with Gasteiger partial charge in [-0.2, -0.15) is 15.0 Å². The molecule has 6 heteroatoms. The van der Waals surface area contributed by atoms with Gasteiger partial charge in [0.2, 0.25) is 17.2 Å². The molecule has 1 heterocycles. The van der Waals surface area contributed by atoms with E-state index in [4.69, 9.17) is 11.6 Å². The average molecular weight is 244 g/mol. The summed E-state index contributed by atoms with van der Waals surface area (Å²) in [7, 11) is 0. The molecule has 0 saturated carbocycles. The maximum Gasteiger partial charge on any atom is 0.229 e. The Balaban J connectivity index is 2.73. The zero-order chi connectivity index (χ0) is 12.0. The van der Waals surface area contributed by atoms with Crippen LogP contribution in [0.1, 0.15) is 33.6 Å². The largest absolute Gasteiger partial charge is 0.354 e. The summed E-state index contributed by atoms with van der Waals surface area (Å²) < 4.78 is 0. The van der Waals surface area contributed by atoms with E-state index < -0.39 is 0 Å². The van der Waals surface area contributed by atoms with Crippen LogP contribution in [0.3, 0.4) is 0 Å². The van der Waals surface area contributed by atoms with Gasteiger partial charge in [0.15, 0.2) is 0 Å². The van der Waals surface area contributed by atoms with E-state index in [0.29, 0.717) is 17.9 Å². The smallest absolute Gasteiger partial charge is 0.229 e. The normalized spacial score (nSPS) is 12.2. The lowest BCUT2D eigenvalue weighted by Crippen LogP contribution is -2.17. The molecule has 0 fully saturated rings. The fourth-order valence-electron chi connectivity index (χ4n) is 1.05. The fraction of sp³-hybridized carbons (Fsp3) is 0.700. The lowest BCUT2D eigenvalue weighted by Gasteiger charge is -2.12. The van der Waals surface area contributed by atoms with E-state index in [-0.39, 0.29) is 5.28 Å². The van der Waals surface area contributed by atoms with Crippen molar-refractivity contribution in [2.45, 2.75) is 39.7 Å².